The van der Waals surface area contributed by atoms with Gasteiger partial charge in [-0.3, -0.25) is 9.59 Å². The van der Waals surface area contributed by atoms with Crippen molar-refractivity contribution < 1.29 is 14.3 Å². The summed E-state index contributed by atoms with van der Waals surface area (Å²) in [6.07, 6.45) is 2.23. The van der Waals surface area contributed by atoms with E-state index in [4.69, 9.17) is 0 Å². The number of imidazole rings is 1. The summed E-state index contributed by atoms with van der Waals surface area (Å²) in [4.78, 5) is 27.4. The Bertz CT molecular complexity index is 955. The number of fused-ring (bicyclic) bond motifs is 1. The number of ether oxygens (including phenoxy) is 1. The van der Waals surface area contributed by atoms with Crippen LogP contribution < -0.4 is 5.32 Å². The Kier molecular flexibility index (Phi) is 7.08. The van der Waals surface area contributed by atoms with Crippen LogP contribution in [0, 0.1) is 0 Å². The first-order valence-corrected chi connectivity index (χ1v) is 10.2. The smallest absolute Gasteiger partial charge is 0.315 e. The molecule has 0 fully saturated rings. The van der Waals surface area contributed by atoms with Crippen molar-refractivity contribution in [1.29, 1.82) is 0 Å². The van der Waals surface area contributed by atoms with E-state index in [1.54, 1.807) is 0 Å². The SMILES string of the molecule is COC(=O)CSCCC(=O)NCc1cccc(Cn2cnc3ccccc32)c1. The van der Waals surface area contributed by atoms with Crippen LogP contribution in [0.1, 0.15) is 17.5 Å². The Balaban J connectivity index is 1.49. The van der Waals surface area contributed by atoms with E-state index in [9.17, 15) is 9.59 Å². The number of hydrogen-bond donors (Lipinski definition) is 1. The Morgan fingerprint density at radius 3 is 2.82 bits per heavy atom. The first-order valence-electron chi connectivity index (χ1n) is 9.04. The van der Waals surface area contributed by atoms with Crippen molar-refractivity contribution in [3.8, 4) is 0 Å². The average molecular weight is 398 g/mol. The second-order valence-corrected chi connectivity index (χ2v) is 7.44. The molecule has 7 heteroatoms. The van der Waals surface area contributed by atoms with E-state index in [0.29, 0.717) is 18.7 Å². The molecule has 1 N–H and O–H groups in total. The van der Waals surface area contributed by atoms with Gasteiger partial charge in [-0.25, -0.2) is 4.98 Å². The predicted octanol–water partition coefficient (Wildman–Crippen LogP) is 3.00. The molecule has 0 spiro atoms. The molecule has 3 aromatic rings. The van der Waals surface area contributed by atoms with Gasteiger partial charge in [-0.2, -0.15) is 0 Å². The standard InChI is InChI=1S/C21H23N3O3S/c1-27-21(26)14-28-10-9-20(25)22-12-16-5-4-6-17(11-16)13-24-15-23-18-7-2-3-8-19(18)24/h2-8,11,15H,9-10,12-14H2,1H3,(H,22,25). The van der Waals surface area contributed by atoms with Gasteiger partial charge >= 0.3 is 5.97 Å². The number of benzene rings is 2. The number of esters is 1. The highest BCUT2D eigenvalue weighted by Gasteiger charge is 2.06. The monoisotopic (exact) mass is 397 g/mol. The first kappa shape index (κ1) is 19.9. The van der Waals surface area contributed by atoms with Gasteiger partial charge in [0.05, 0.1) is 30.2 Å². The predicted molar refractivity (Wildman–Crippen MR) is 111 cm³/mol. The summed E-state index contributed by atoms with van der Waals surface area (Å²) >= 11 is 1.40. The van der Waals surface area contributed by atoms with E-state index < -0.39 is 0 Å². The number of nitrogens with one attached hydrogen (secondary N) is 1. The number of hydrogen-bond acceptors (Lipinski definition) is 5. The van der Waals surface area contributed by atoms with Gasteiger partial charge in [0.15, 0.2) is 0 Å². The van der Waals surface area contributed by atoms with Crippen molar-refractivity contribution in [2.24, 2.45) is 0 Å². The molecule has 0 bridgehead atoms. The van der Waals surface area contributed by atoms with Gasteiger partial charge < -0.3 is 14.6 Å². The zero-order chi connectivity index (χ0) is 19.8. The van der Waals surface area contributed by atoms with Gasteiger partial charge in [0.1, 0.15) is 0 Å². The van der Waals surface area contributed by atoms with Crippen LogP contribution in [0.5, 0.6) is 0 Å². The maximum atomic E-state index is 12.0. The van der Waals surface area contributed by atoms with E-state index in [2.05, 4.69) is 37.8 Å². The second kappa shape index (κ2) is 9.94. The van der Waals surface area contributed by atoms with Crippen LogP contribution in [0.3, 0.4) is 0 Å². The highest BCUT2D eigenvalue weighted by molar-refractivity contribution is 7.99. The Labute approximate surface area is 168 Å². The number of rotatable bonds is 9. The third-order valence-corrected chi connectivity index (χ3v) is 5.22. The summed E-state index contributed by atoms with van der Waals surface area (Å²) in [5.74, 6) is 0.569. The van der Waals surface area contributed by atoms with Gasteiger partial charge in [-0.15, -0.1) is 11.8 Å². The van der Waals surface area contributed by atoms with E-state index in [-0.39, 0.29) is 17.6 Å². The van der Waals surface area contributed by atoms with Crippen molar-refractivity contribution >= 4 is 34.7 Å². The van der Waals surface area contributed by atoms with Gasteiger partial charge in [0.2, 0.25) is 5.91 Å². The molecule has 0 unspecified atom stereocenters. The lowest BCUT2D eigenvalue weighted by molar-refractivity contribution is -0.137. The zero-order valence-electron chi connectivity index (χ0n) is 15.8. The van der Waals surface area contributed by atoms with Crippen molar-refractivity contribution in [1.82, 2.24) is 14.9 Å². The first-order chi connectivity index (χ1) is 13.7. The van der Waals surface area contributed by atoms with Crippen LogP contribution >= 0.6 is 11.8 Å². The van der Waals surface area contributed by atoms with E-state index in [0.717, 1.165) is 28.7 Å². The third kappa shape index (κ3) is 5.60. The molecule has 0 saturated carbocycles. The second-order valence-electron chi connectivity index (χ2n) is 6.34. The summed E-state index contributed by atoms with van der Waals surface area (Å²) in [7, 11) is 1.36. The maximum Gasteiger partial charge on any atom is 0.315 e. The van der Waals surface area contributed by atoms with Crippen molar-refractivity contribution in [3.63, 3.8) is 0 Å². The summed E-state index contributed by atoms with van der Waals surface area (Å²) in [6.45, 7) is 1.21. The van der Waals surface area contributed by atoms with E-state index >= 15 is 0 Å². The van der Waals surface area contributed by atoms with Crippen LogP contribution in [0.4, 0.5) is 0 Å². The van der Waals surface area contributed by atoms with Crippen LogP contribution in [0.15, 0.2) is 54.9 Å². The molecular weight excluding hydrogens is 374 g/mol. The van der Waals surface area contributed by atoms with Crippen molar-refractivity contribution in [3.05, 3.63) is 66.0 Å². The molecule has 0 radical (unpaired) electrons. The number of para-hydroxylation sites is 2. The molecule has 0 saturated heterocycles. The summed E-state index contributed by atoms with van der Waals surface area (Å²) in [5.41, 5.74) is 4.29. The Hall–Kier alpha value is -2.80. The van der Waals surface area contributed by atoms with Crippen LogP contribution in [0.2, 0.25) is 0 Å². The summed E-state index contributed by atoms with van der Waals surface area (Å²) in [6, 6.07) is 16.2. The molecular formula is C21H23N3O3S. The van der Waals surface area contributed by atoms with Gasteiger partial charge in [-0.1, -0.05) is 36.4 Å². The lowest BCUT2D eigenvalue weighted by atomic mass is 10.1. The normalized spacial score (nSPS) is 10.8. The molecule has 0 aliphatic rings. The molecule has 1 heterocycles. The highest BCUT2D eigenvalue weighted by atomic mass is 32.2. The number of carbonyl (C=O) groups is 2. The van der Waals surface area contributed by atoms with Gasteiger partial charge in [0, 0.05) is 25.3 Å². The molecule has 0 aliphatic heterocycles. The number of nitrogens with zero attached hydrogens (tertiary/aromatic N) is 2. The number of carbonyl (C=O) groups excluding carboxylic acids is 2. The number of thioether (sulfide) groups is 1. The molecule has 6 nitrogen and oxygen atoms in total. The topological polar surface area (TPSA) is 73.2 Å². The lowest BCUT2D eigenvalue weighted by Crippen LogP contribution is -2.23. The molecule has 3 rings (SSSR count). The van der Waals surface area contributed by atoms with E-state index in [1.165, 1.54) is 18.9 Å². The molecule has 1 aromatic heterocycles. The lowest BCUT2D eigenvalue weighted by Gasteiger charge is -2.09. The maximum absolute atomic E-state index is 12.0. The molecule has 2 aromatic carbocycles. The van der Waals surface area contributed by atoms with Crippen LogP contribution in [0.25, 0.3) is 11.0 Å². The fourth-order valence-corrected chi connectivity index (χ4v) is 3.60. The molecule has 0 atom stereocenters. The molecule has 0 aliphatic carbocycles. The minimum atomic E-state index is -0.270. The highest BCUT2D eigenvalue weighted by Crippen LogP contribution is 2.15. The Morgan fingerprint density at radius 1 is 1.14 bits per heavy atom. The van der Waals surface area contributed by atoms with Crippen molar-refractivity contribution in [2.45, 2.75) is 19.5 Å². The van der Waals surface area contributed by atoms with Crippen LogP contribution in [-0.2, 0) is 27.4 Å². The van der Waals surface area contributed by atoms with Crippen LogP contribution in [-0.4, -0.2) is 40.0 Å². The zero-order valence-corrected chi connectivity index (χ0v) is 16.6. The Morgan fingerprint density at radius 2 is 1.96 bits per heavy atom. The number of aromatic nitrogens is 2. The largest absolute Gasteiger partial charge is 0.468 e. The van der Waals surface area contributed by atoms with Gasteiger partial charge in [0.25, 0.3) is 0 Å². The quantitative estimate of drug-likeness (QED) is 0.444. The summed E-state index contributed by atoms with van der Waals surface area (Å²) < 4.78 is 6.69. The molecule has 1 amide bonds. The molecule has 146 valence electrons. The summed E-state index contributed by atoms with van der Waals surface area (Å²) in [5, 5.41) is 2.93. The fourth-order valence-electron chi connectivity index (χ4n) is 2.84. The van der Waals surface area contributed by atoms with Gasteiger partial charge in [-0.05, 0) is 23.3 Å². The minimum absolute atomic E-state index is 0.0247. The molecule has 28 heavy (non-hydrogen) atoms. The third-order valence-electron chi connectivity index (χ3n) is 4.28. The number of methoxy groups -OCH3 is 1. The number of amides is 1. The van der Waals surface area contributed by atoms with Crippen molar-refractivity contribution in [2.75, 3.05) is 18.6 Å². The average Bonchev–Trinajstić information content (AvgIpc) is 3.12. The minimum Gasteiger partial charge on any atom is -0.468 e. The fraction of sp³-hybridized carbons (Fsp3) is 0.286. The van der Waals surface area contributed by atoms with E-state index in [1.807, 2.05) is 36.7 Å².